The zero-order valence-electron chi connectivity index (χ0n) is 15.3. The van der Waals surface area contributed by atoms with E-state index in [4.69, 9.17) is 5.14 Å². The molecule has 28 heavy (non-hydrogen) atoms. The Hall–Kier alpha value is -2.43. The van der Waals surface area contributed by atoms with Gasteiger partial charge in [-0.25, -0.2) is 26.8 Å². The van der Waals surface area contributed by atoms with Gasteiger partial charge in [0, 0.05) is 6.54 Å². The molecule has 0 aromatic heterocycles. The van der Waals surface area contributed by atoms with Crippen LogP contribution in [0.3, 0.4) is 0 Å². The highest BCUT2D eigenvalue weighted by atomic mass is 32.2. The van der Waals surface area contributed by atoms with Crippen molar-refractivity contribution in [2.24, 2.45) is 5.14 Å². The van der Waals surface area contributed by atoms with Crippen molar-refractivity contribution in [1.29, 1.82) is 0 Å². The minimum Gasteiger partial charge on any atom is -0.478 e. The van der Waals surface area contributed by atoms with Crippen LogP contribution in [-0.4, -0.2) is 34.5 Å². The summed E-state index contributed by atoms with van der Waals surface area (Å²) in [6, 6.07) is 6.99. The lowest BCUT2D eigenvalue weighted by atomic mass is 10.0. The van der Waals surface area contributed by atoms with E-state index >= 15 is 0 Å². The lowest BCUT2D eigenvalue weighted by Gasteiger charge is -2.32. The SMILES string of the molecule is Cc1cc(C)c(S(=O)(=O)N2CCCc3c2cccc3S(N)(=O)=O)cc1C(=O)O. The molecule has 150 valence electrons. The summed E-state index contributed by atoms with van der Waals surface area (Å²) in [5.41, 5.74) is 1.37. The van der Waals surface area contributed by atoms with Crippen LogP contribution in [0.5, 0.6) is 0 Å². The second-order valence-corrected chi connectivity index (χ2v) is 10.1. The third-order valence-electron chi connectivity index (χ3n) is 4.79. The lowest BCUT2D eigenvalue weighted by molar-refractivity contribution is 0.0696. The van der Waals surface area contributed by atoms with Crippen LogP contribution in [0.1, 0.15) is 33.5 Å². The van der Waals surface area contributed by atoms with Gasteiger partial charge in [-0.2, -0.15) is 0 Å². The van der Waals surface area contributed by atoms with E-state index in [1.807, 2.05) is 0 Å². The van der Waals surface area contributed by atoms with Crippen molar-refractivity contribution < 1.29 is 26.7 Å². The molecule has 8 nitrogen and oxygen atoms in total. The van der Waals surface area contributed by atoms with Crippen molar-refractivity contribution >= 4 is 31.7 Å². The second kappa shape index (κ2) is 6.87. The molecule has 0 amide bonds. The molecule has 2 aromatic rings. The van der Waals surface area contributed by atoms with Crippen LogP contribution in [0, 0.1) is 13.8 Å². The van der Waals surface area contributed by atoms with Gasteiger partial charge in [0.15, 0.2) is 0 Å². The zero-order chi connectivity index (χ0) is 20.9. The molecule has 0 radical (unpaired) electrons. The van der Waals surface area contributed by atoms with Gasteiger partial charge in [0.25, 0.3) is 10.0 Å². The molecule has 1 heterocycles. The second-order valence-electron chi connectivity index (χ2n) is 6.72. The van der Waals surface area contributed by atoms with E-state index in [9.17, 15) is 26.7 Å². The number of carboxylic acid groups (broad SMARTS) is 1. The van der Waals surface area contributed by atoms with E-state index in [0.29, 0.717) is 29.5 Å². The summed E-state index contributed by atoms with van der Waals surface area (Å²) in [6.07, 6.45) is 0.788. The van der Waals surface area contributed by atoms with Crippen LogP contribution in [0.15, 0.2) is 40.1 Å². The number of nitrogens with zero attached hydrogens (tertiary/aromatic N) is 1. The first-order valence-electron chi connectivity index (χ1n) is 8.46. The van der Waals surface area contributed by atoms with Gasteiger partial charge in [0.05, 0.1) is 21.0 Å². The smallest absolute Gasteiger partial charge is 0.335 e. The Morgan fingerprint density at radius 2 is 1.75 bits per heavy atom. The quantitative estimate of drug-likeness (QED) is 0.768. The van der Waals surface area contributed by atoms with E-state index in [1.54, 1.807) is 13.8 Å². The standard InChI is InChI=1S/C18H20N2O6S2/c1-11-9-12(2)17(10-14(11)18(21)22)28(25,26)20-8-4-5-13-15(20)6-3-7-16(13)27(19,23)24/h3,6-7,9-10H,4-5,8H2,1-2H3,(H,21,22)(H2,19,23,24). The Morgan fingerprint density at radius 1 is 1.07 bits per heavy atom. The number of sulfonamides is 2. The van der Waals surface area contributed by atoms with E-state index in [0.717, 1.165) is 10.4 Å². The molecular weight excluding hydrogens is 404 g/mol. The monoisotopic (exact) mass is 424 g/mol. The number of aromatic carboxylic acids is 1. The van der Waals surface area contributed by atoms with Gasteiger partial charge in [-0.1, -0.05) is 12.1 Å². The van der Waals surface area contributed by atoms with Crippen LogP contribution in [0.4, 0.5) is 5.69 Å². The lowest BCUT2D eigenvalue weighted by Crippen LogP contribution is -2.36. The highest BCUT2D eigenvalue weighted by Crippen LogP contribution is 2.36. The minimum absolute atomic E-state index is 0.0975. The summed E-state index contributed by atoms with van der Waals surface area (Å²) in [5, 5.41) is 14.6. The van der Waals surface area contributed by atoms with Crippen LogP contribution < -0.4 is 9.44 Å². The fourth-order valence-electron chi connectivity index (χ4n) is 3.53. The first kappa shape index (κ1) is 20.3. The van der Waals surface area contributed by atoms with Crippen LogP contribution in [0.2, 0.25) is 0 Å². The van der Waals surface area contributed by atoms with Crippen LogP contribution in [-0.2, 0) is 26.5 Å². The van der Waals surface area contributed by atoms with Crippen molar-refractivity contribution in [3.63, 3.8) is 0 Å². The maximum atomic E-state index is 13.4. The van der Waals surface area contributed by atoms with E-state index in [-0.39, 0.29) is 27.6 Å². The van der Waals surface area contributed by atoms with Gasteiger partial charge in [0.2, 0.25) is 10.0 Å². The number of primary sulfonamides is 1. The summed E-state index contributed by atoms with van der Waals surface area (Å²) < 4.78 is 51.6. The molecule has 10 heteroatoms. The number of carbonyl (C=O) groups is 1. The molecular formula is C18H20N2O6S2. The first-order valence-corrected chi connectivity index (χ1v) is 11.4. The molecule has 0 unspecified atom stereocenters. The fraction of sp³-hybridized carbons (Fsp3) is 0.278. The predicted octanol–water partition coefficient (Wildman–Crippen LogP) is 1.79. The number of hydrogen-bond donors (Lipinski definition) is 2. The Balaban J connectivity index is 2.22. The molecule has 0 bridgehead atoms. The first-order chi connectivity index (χ1) is 12.9. The Labute approximate surface area is 163 Å². The summed E-state index contributed by atoms with van der Waals surface area (Å²) in [7, 11) is -8.12. The molecule has 0 fully saturated rings. The van der Waals surface area contributed by atoms with E-state index in [1.165, 1.54) is 24.3 Å². The van der Waals surface area contributed by atoms with Gasteiger partial charge in [-0.05, 0) is 61.6 Å². The van der Waals surface area contributed by atoms with Gasteiger partial charge in [-0.3, -0.25) is 4.31 Å². The number of benzene rings is 2. The molecule has 1 aliphatic heterocycles. The van der Waals surface area contributed by atoms with Crippen molar-refractivity contribution in [1.82, 2.24) is 0 Å². The molecule has 0 saturated carbocycles. The maximum absolute atomic E-state index is 13.4. The number of hydrogen-bond acceptors (Lipinski definition) is 5. The molecule has 0 saturated heterocycles. The highest BCUT2D eigenvalue weighted by molar-refractivity contribution is 7.93. The third kappa shape index (κ3) is 3.38. The van der Waals surface area contributed by atoms with Gasteiger partial charge >= 0.3 is 5.97 Å². The Kier molecular flexibility index (Phi) is 4.98. The molecule has 2 aromatic carbocycles. The van der Waals surface area contributed by atoms with Crippen LogP contribution >= 0.6 is 0 Å². The fourth-order valence-corrected chi connectivity index (χ4v) is 6.12. The zero-order valence-corrected chi connectivity index (χ0v) is 17.0. The summed E-state index contributed by atoms with van der Waals surface area (Å²) in [6.45, 7) is 3.34. The molecule has 3 N–H and O–H groups in total. The molecule has 3 rings (SSSR count). The number of aryl methyl sites for hydroxylation is 2. The van der Waals surface area contributed by atoms with Crippen molar-refractivity contribution in [3.8, 4) is 0 Å². The number of carboxylic acids is 1. The Morgan fingerprint density at radius 3 is 2.36 bits per heavy atom. The molecule has 0 atom stereocenters. The summed E-state index contributed by atoms with van der Waals surface area (Å²) in [5.74, 6) is -1.22. The topological polar surface area (TPSA) is 135 Å². The largest absolute Gasteiger partial charge is 0.478 e. The maximum Gasteiger partial charge on any atom is 0.335 e. The number of nitrogens with two attached hydrogens (primary N) is 1. The van der Waals surface area contributed by atoms with Crippen LogP contribution in [0.25, 0.3) is 0 Å². The van der Waals surface area contributed by atoms with E-state index in [2.05, 4.69) is 0 Å². The number of anilines is 1. The van der Waals surface area contributed by atoms with Gasteiger partial charge in [0.1, 0.15) is 0 Å². The highest BCUT2D eigenvalue weighted by Gasteiger charge is 2.33. The Bertz CT molecular complexity index is 1190. The summed E-state index contributed by atoms with van der Waals surface area (Å²) in [4.78, 5) is 11.2. The normalized spacial score (nSPS) is 14.6. The number of rotatable bonds is 4. The molecule has 0 spiro atoms. The molecule has 1 aliphatic rings. The average molecular weight is 425 g/mol. The van der Waals surface area contributed by atoms with Gasteiger partial charge < -0.3 is 5.11 Å². The average Bonchev–Trinajstić information content (AvgIpc) is 2.59. The minimum atomic E-state index is -4.11. The van der Waals surface area contributed by atoms with Crippen molar-refractivity contribution in [3.05, 3.63) is 52.6 Å². The van der Waals surface area contributed by atoms with Gasteiger partial charge in [-0.15, -0.1) is 0 Å². The van der Waals surface area contributed by atoms with Crippen molar-refractivity contribution in [2.75, 3.05) is 10.8 Å². The van der Waals surface area contributed by atoms with Crippen molar-refractivity contribution in [2.45, 2.75) is 36.5 Å². The predicted molar refractivity (Wildman–Crippen MR) is 104 cm³/mol. The molecule has 0 aliphatic carbocycles. The van der Waals surface area contributed by atoms with E-state index < -0.39 is 26.0 Å². The number of fused-ring (bicyclic) bond motifs is 1. The summed E-state index contributed by atoms with van der Waals surface area (Å²) >= 11 is 0. The third-order valence-corrected chi connectivity index (χ3v) is 7.74.